The zero-order valence-electron chi connectivity index (χ0n) is 11.5. The minimum absolute atomic E-state index is 0.544. The molecule has 0 spiro atoms. The molecule has 2 aromatic heterocycles. The first-order valence-electron chi connectivity index (χ1n) is 7.07. The van der Waals surface area contributed by atoms with Crippen molar-refractivity contribution in [3.8, 4) is 11.3 Å². The van der Waals surface area contributed by atoms with Crippen molar-refractivity contribution >= 4 is 5.82 Å². The van der Waals surface area contributed by atoms with E-state index in [4.69, 9.17) is 5.73 Å². The van der Waals surface area contributed by atoms with Gasteiger partial charge < -0.3 is 5.73 Å². The number of nitrogens with two attached hydrogens (primary N) is 1. The first-order valence-corrected chi connectivity index (χ1v) is 7.07. The smallest absolute Gasteiger partial charge is 0.154 e. The molecule has 0 aromatic carbocycles. The van der Waals surface area contributed by atoms with Gasteiger partial charge in [-0.25, -0.2) is 0 Å². The molecule has 2 aromatic rings. The van der Waals surface area contributed by atoms with E-state index in [0.717, 1.165) is 23.4 Å². The summed E-state index contributed by atoms with van der Waals surface area (Å²) in [5, 5.41) is 7.17. The number of nitrogens with one attached hydrogen (secondary N) is 1. The number of nitrogen functional groups attached to an aromatic ring is 1. The van der Waals surface area contributed by atoms with Crippen LogP contribution in [0.3, 0.4) is 0 Å². The van der Waals surface area contributed by atoms with E-state index in [1.165, 1.54) is 32.1 Å². The molecule has 0 aliphatic rings. The Hall–Kier alpha value is -1.84. The van der Waals surface area contributed by atoms with Crippen LogP contribution < -0.4 is 5.73 Å². The summed E-state index contributed by atoms with van der Waals surface area (Å²) in [6.07, 6.45) is 9.09. The average Bonchev–Trinajstić information content (AvgIpc) is 2.81. The van der Waals surface area contributed by atoms with Crippen molar-refractivity contribution in [2.75, 3.05) is 5.73 Å². The summed E-state index contributed by atoms with van der Waals surface area (Å²) in [6, 6.07) is 5.85. The normalized spacial score (nSPS) is 10.8. The summed E-state index contributed by atoms with van der Waals surface area (Å²) in [5.74, 6) is 0.544. The largest absolute Gasteiger partial charge is 0.382 e. The molecule has 3 N–H and O–H groups in total. The third-order valence-electron chi connectivity index (χ3n) is 3.32. The maximum atomic E-state index is 5.94. The third-order valence-corrected chi connectivity index (χ3v) is 3.32. The van der Waals surface area contributed by atoms with Gasteiger partial charge in [-0.1, -0.05) is 38.7 Å². The standard InChI is InChI=1S/C15H22N4/c1-2-3-4-5-6-10-13-14(15(16)19-18-13)12-9-7-8-11-17-12/h7-9,11H,2-6,10H2,1H3,(H3,16,18,19). The van der Waals surface area contributed by atoms with Gasteiger partial charge in [-0.2, -0.15) is 5.10 Å². The molecule has 0 aliphatic carbocycles. The van der Waals surface area contributed by atoms with Gasteiger partial charge >= 0.3 is 0 Å². The maximum absolute atomic E-state index is 5.94. The molecule has 2 heterocycles. The Bertz CT molecular complexity index is 490. The number of rotatable bonds is 7. The molecule has 0 atom stereocenters. The van der Waals surface area contributed by atoms with Gasteiger partial charge in [-0.3, -0.25) is 10.1 Å². The number of anilines is 1. The highest BCUT2D eigenvalue weighted by atomic mass is 15.2. The molecule has 0 fully saturated rings. The average molecular weight is 258 g/mol. The van der Waals surface area contributed by atoms with Crippen molar-refractivity contribution in [3.63, 3.8) is 0 Å². The van der Waals surface area contributed by atoms with Crippen LogP contribution in [-0.4, -0.2) is 15.2 Å². The number of unbranched alkanes of at least 4 members (excludes halogenated alkanes) is 4. The Morgan fingerprint density at radius 1 is 1.16 bits per heavy atom. The lowest BCUT2D eigenvalue weighted by Gasteiger charge is -2.03. The van der Waals surface area contributed by atoms with Crippen LogP contribution >= 0.6 is 0 Å². The molecular weight excluding hydrogens is 236 g/mol. The highest BCUT2D eigenvalue weighted by Crippen LogP contribution is 2.27. The van der Waals surface area contributed by atoms with Crippen LogP contribution in [0, 0.1) is 0 Å². The SMILES string of the molecule is CCCCCCCc1[nH]nc(N)c1-c1ccccn1. The maximum Gasteiger partial charge on any atom is 0.154 e. The van der Waals surface area contributed by atoms with Crippen molar-refractivity contribution in [2.45, 2.75) is 45.4 Å². The van der Waals surface area contributed by atoms with E-state index in [0.29, 0.717) is 5.82 Å². The lowest BCUT2D eigenvalue weighted by atomic mass is 10.0. The van der Waals surface area contributed by atoms with Crippen LogP contribution in [0.25, 0.3) is 11.3 Å². The summed E-state index contributed by atoms with van der Waals surface area (Å²) in [5.41, 5.74) is 8.92. The monoisotopic (exact) mass is 258 g/mol. The number of pyridine rings is 1. The topological polar surface area (TPSA) is 67.6 Å². The van der Waals surface area contributed by atoms with E-state index in [-0.39, 0.29) is 0 Å². The van der Waals surface area contributed by atoms with E-state index in [1.807, 2.05) is 18.2 Å². The summed E-state index contributed by atoms with van der Waals surface area (Å²) >= 11 is 0. The summed E-state index contributed by atoms with van der Waals surface area (Å²) < 4.78 is 0. The highest BCUT2D eigenvalue weighted by molar-refractivity contribution is 5.73. The number of hydrogen-bond acceptors (Lipinski definition) is 3. The molecule has 4 heteroatoms. The second kappa shape index (κ2) is 6.92. The Kier molecular flexibility index (Phi) is 4.95. The van der Waals surface area contributed by atoms with E-state index in [9.17, 15) is 0 Å². The lowest BCUT2D eigenvalue weighted by Crippen LogP contribution is -1.93. The fraction of sp³-hybridized carbons (Fsp3) is 0.467. The highest BCUT2D eigenvalue weighted by Gasteiger charge is 2.13. The van der Waals surface area contributed by atoms with E-state index < -0.39 is 0 Å². The van der Waals surface area contributed by atoms with Crippen LogP contribution in [0.4, 0.5) is 5.82 Å². The minimum Gasteiger partial charge on any atom is -0.382 e. The van der Waals surface area contributed by atoms with Gasteiger partial charge in [0.25, 0.3) is 0 Å². The molecule has 4 nitrogen and oxygen atoms in total. The van der Waals surface area contributed by atoms with Gasteiger partial charge in [0, 0.05) is 11.9 Å². The number of nitrogens with zero attached hydrogens (tertiary/aromatic N) is 2. The number of hydrogen-bond donors (Lipinski definition) is 2. The molecule has 0 saturated heterocycles. The molecular formula is C15H22N4. The third kappa shape index (κ3) is 3.56. The predicted octanol–water partition coefficient (Wildman–Crippen LogP) is 3.57. The Morgan fingerprint density at radius 2 is 2.00 bits per heavy atom. The zero-order chi connectivity index (χ0) is 13.5. The van der Waals surface area contributed by atoms with Crippen LogP contribution in [-0.2, 0) is 6.42 Å². The van der Waals surface area contributed by atoms with Gasteiger partial charge in [0.2, 0.25) is 0 Å². The van der Waals surface area contributed by atoms with Gasteiger partial charge in [0.1, 0.15) is 0 Å². The van der Waals surface area contributed by atoms with Crippen molar-refractivity contribution in [3.05, 3.63) is 30.1 Å². The first-order chi connectivity index (χ1) is 9.33. The summed E-state index contributed by atoms with van der Waals surface area (Å²) in [6.45, 7) is 2.23. The van der Waals surface area contributed by atoms with Crippen molar-refractivity contribution < 1.29 is 0 Å². The molecule has 2 rings (SSSR count). The quantitative estimate of drug-likeness (QED) is 0.746. The van der Waals surface area contributed by atoms with E-state index in [1.54, 1.807) is 6.20 Å². The Balaban J connectivity index is 2.02. The lowest BCUT2D eigenvalue weighted by molar-refractivity contribution is 0.628. The molecule has 102 valence electrons. The van der Waals surface area contributed by atoms with Gasteiger partial charge in [-0.05, 0) is 25.0 Å². The molecule has 0 aliphatic heterocycles. The van der Waals surface area contributed by atoms with Crippen LogP contribution in [0.15, 0.2) is 24.4 Å². The number of H-pyrrole nitrogens is 1. The second-order valence-corrected chi connectivity index (χ2v) is 4.84. The molecule has 19 heavy (non-hydrogen) atoms. The molecule has 0 unspecified atom stereocenters. The first kappa shape index (κ1) is 13.6. The van der Waals surface area contributed by atoms with Gasteiger partial charge in [0.15, 0.2) is 5.82 Å². The predicted molar refractivity (Wildman–Crippen MR) is 78.7 cm³/mol. The van der Waals surface area contributed by atoms with Gasteiger partial charge in [0.05, 0.1) is 11.3 Å². The van der Waals surface area contributed by atoms with Crippen LogP contribution in [0.2, 0.25) is 0 Å². The van der Waals surface area contributed by atoms with Crippen molar-refractivity contribution in [1.82, 2.24) is 15.2 Å². The van der Waals surface area contributed by atoms with Gasteiger partial charge in [-0.15, -0.1) is 0 Å². The molecule has 0 radical (unpaired) electrons. The molecule has 0 amide bonds. The Labute approximate surface area is 114 Å². The van der Waals surface area contributed by atoms with Crippen molar-refractivity contribution in [2.24, 2.45) is 0 Å². The summed E-state index contributed by atoms with van der Waals surface area (Å²) in [7, 11) is 0. The van der Waals surface area contributed by atoms with E-state index in [2.05, 4.69) is 22.1 Å². The van der Waals surface area contributed by atoms with E-state index >= 15 is 0 Å². The van der Waals surface area contributed by atoms with Crippen LogP contribution in [0.5, 0.6) is 0 Å². The fourth-order valence-electron chi connectivity index (χ4n) is 2.28. The van der Waals surface area contributed by atoms with Crippen LogP contribution in [0.1, 0.15) is 44.7 Å². The minimum atomic E-state index is 0.544. The zero-order valence-corrected chi connectivity index (χ0v) is 11.5. The fourth-order valence-corrected chi connectivity index (χ4v) is 2.28. The summed E-state index contributed by atoms with van der Waals surface area (Å²) in [4.78, 5) is 4.36. The second-order valence-electron chi connectivity index (χ2n) is 4.84. The molecule has 0 saturated carbocycles. The molecule has 0 bridgehead atoms. The van der Waals surface area contributed by atoms with Crippen molar-refractivity contribution in [1.29, 1.82) is 0 Å². The number of aromatic amines is 1. The number of aromatic nitrogens is 3. The Morgan fingerprint density at radius 3 is 2.74 bits per heavy atom. The number of aryl methyl sites for hydroxylation is 1.